The molecular weight excluding hydrogens is 202 g/mol. The predicted molar refractivity (Wildman–Crippen MR) is 63.4 cm³/mol. The van der Waals surface area contributed by atoms with E-state index in [1.54, 1.807) is 0 Å². The van der Waals surface area contributed by atoms with Crippen molar-refractivity contribution in [3.8, 4) is 0 Å². The van der Waals surface area contributed by atoms with Gasteiger partial charge >= 0.3 is 0 Å². The molecule has 0 spiro atoms. The van der Waals surface area contributed by atoms with Gasteiger partial charge in [-0.2, -0.15) is 0 Å². The van der Waals surface area contributed by atoms with Crippen LogP contribution in [0.15, 0.2) is 36.6 Å². The zero-order chi connectivity index (χ0) is 11.5. The second kappa shape index (κ2) is 4.39. The van der Waals surface area contributed by atoms with Gasteiger partial charge in [-0.15, -0.1) is 0 Å². The number of ketones is 1. The fraction of sp³-hybridized carbons (Fsp3) is 0.308. The predicted octanol–water partition coefficient (Wildman–Crippen LogP) is 2.30. The van der Waals surface area contributed by atoms with Crippen LogP contribution in [-0.4, -0.2) is 19.9 Å². The average Bonchev–Trinajstić information content (AvgIpc) is 2.29. The van der Waals surface area contributed by atoms with E-state index in [-0.39, 0.29) is 11.9 Å². The van der Waals surface area contributed by atoms with E-state index in [1.807, 2.05) is 43.3 Å². The average molecular weight is 217 g/mol. The van der Waals surface area contributed by atoms with E-state index in [4.69, 9.17) is 4.74 Å². The van der Waals surface area contributed by atoms with Gasteiger partial charge in [0, 0.05) is 25.9 Å². The van der Waals surface area contributed by atoms with E-state index in [2.05, 4.69) is 0 Å². The Kier molecular flexibility index (Phi) is 2.95. The minimum Gasteiger partial charge on any atom is -0.493 e. The highest BCUT2D eigenvalue weighted by molar-refractivity contribution is 5.90. The molecule has 0 radical (unpaired) electrons. The Bertz CT molecular complexity index is 406. The number of ether oxygens (including phenoxy) is 1. The lowest BCUT2D eigenvalue weighted by molar-refractivity contribution is -0.118. The van der Waals surface area contributed by atoms with Gasteiger partial charge in [0.15, 0.2) is 5.78 Å². The van der Waals surface area contributed by atoms with Gasteiger partial charge < -0.3 is 9.64 Å². The normalized spacial score (nSPS) is 19.4. The summed E-state index contributed by atoms with van der Waals surface area (Å²) in [7, 11) is 4.00. The molecule has 16 heavy (non-hydrogen) atoms. The quantitative estimate of drug-likeness (QED) is 0.761. The third kappa shape index (κ3) is 2.24. The molecule has 0 aliphatic carbocycles. The van der Waals surface area contributed by atoms with E-state index >= 15 is 0 Å². The van der Waals surface area contributed by atoms with Gasteiger partial charge in [-0.3, -0.25) is 4.79 Å². The Morgan fingerprint density at radius 3 is 2.50 bits per heavy atom. The molecule has 0 saturated heterocycles. The van der Waals surface area contributed by atoms with Gasteiger partial charge in [0.25, 0.3) is 0 Å². The Hall–Kier alpha value is -1.77. The summed E-state index contributed by atoms with van der Waals surface area (Å²) in [6.45, 7) is 0. The molecule has 0 bridgehead atoms. The molecule has 1 unspecified atom stereocenters. The van der Waals surface area contributed by atoms with Crippen LogP contribution in [0.4, 0.5) is 5.69 Å². The molecule has 0 aromatic heterocycles. The van der Waals surface area contributed by atoms with Crippen LogP contribution in [0.3, 0.4) is 0 Å². The monoisotopic (exact) mass is 217 g/mol. The molecule has 0 saturated carbocycles. The molecule has 0 fully saturated rings. The van der Waals surface area contributed by atoms with E-state index in [0.29, 0.717) is 6.42 Å². The summed E-state index contributed by atoms with van der Waals surface area (Å²) in [5.41, 5.74) is 2.18. The SMILES string of the molecule is CN(C)c1ccc(C2CC(=O)C=CO2)cc1. The summed E-state index contributed by atoms with van der Waals surface area (Å²) >= 11 is 0. The fourth-order valence-electron chi connectivity index (χ4n) is 1.69. The third-order valence-corrected chi connectivity index (χ3v) is 2.66. The molecule has 1 atom stereocenters. The van der Waals surface area contributed by atoms with Crippen molar-refractivity contribution in [3.05, 3.63) is 42.2 Å². The summed E-state index contributed by atoms with van der Waals surface area (Å²) in [6, 6.07) is 8.07. The standard InChI is InChI=1S/C13H15NO2/c1-14(2)11-5-3-10(4-6-11)13-9-12(15)7-8-16-13/h3-8,13H,9H2,1-2H3. The topological polar surface area (TPSA) is 29.5 Å². The Morgan fingerprint density at radius 1 is 1.25 bits per heavy atom. The van der Waals surface area contributed by atoms with Gasteiger partial charge in [-0.05, 0) is 17.7 Å². The molecule has 84 valence electrons. The summed E-state index contributed by atoms with van der Waals surface area (Å²) in [4.78, 5) is 13.3. The number of allylic oxidation sites excluding steroid dienone is 1. The number of carbonyl (C=O) groups excluding carboxylic acids is 1. The van der Waals surface area contributed by atoms with Gasteiger partial charge in [0.1, 0.15) is 6.10 Å². The van der Waals surface area contributed by atoms with Crippen LogP contribution in [-0.2, 0) is 9.53 Å². The van der Waals surface area contributed by atoms with Crippen molar-refractivity contribution in [2.24, 2.45) is 0 Å². The lowest BCUT2D eigenvalue weighted by atomic mass is 10.0. The minimum absolute atomic E-state index is 0.118. The molecule has 1 aliphatic rings. The Morgan fingerprint density at radius 2 is 1.94 bits per heavy atom. The first kappa shape index (κ1) is 10.7. The first-order valence-corrected chi connectivity index (χ1v) is 5.29. The van der Waals surface area contributed by atoms with Crippen molar-refractivity contribution >= 4 is 11.5 Å². The third-order valence-electron chi connectivity index (χ3n) is 2.66. The smallest absolute Gasteiger partial charge is 0.162 e. The highest BCUT2D eigenvalue weighted by atomic mass is 16.5. The van der Waals surface area contributed by atoms with Gasteiger partial charge in [-0.25, -0.2) is 0 Å². The molecule has 1 heterocycles. The van der Waals surface area contributed by atoms with E-state index in [9.17, 15) is 4.79 Å². The van der Waals surface area contributed by atoms with Crippen LogP contribution in [0, 0.1) is 0 Å². The van der Waals surface area contributed by atoms with Crippen molar-refractivity contribution in [3.63, 3.8) is 0 Å². The highest BCUT2D eigenvalue weighted by Crippen LogP contribution is 2.26. The molecule has 3 nitrogen and oxygen atoms in total. The highest BCUT2D eigenvalue weighted by Gasteiger charge is 2.18. The number of carbonyl (C=O) groups is 1. The van der Waals surface area contributed by atoms with Crippen LogP contribution in [0.25, 0.3) is 0 Å². The molecule has 2 rings (SSSR count). The molecule has 1 aliphatic heterocycles. The largest absolute Gasteiger partial charge is 0.493 e. The Labute approximate surface area is 95.3 Å². The van der Waals surface area contributed by atoms with Gasteiger partial charge in [0.05, 0.1) is 12.7 Å². The van der Waals surface area contributed by atoms with Crippen LogP contribution in [0.2, 0.25) is 0 Å². The lowest BCUT2D eigenvalue weighted by Gasteiger charge is -2.20. The van der Waals surface area contributed by atoms with Crippen LogP contribution in [0.1, 0.15) is 18.1 Å². The number of rotatable bonds is 2. The van der Waals surface area contributed by atoms with Crippen molar-refractivity contribution in [2.45, 2.75) is 12.5 Å². The molecule has 1 aromatic carbocycles. The lowest BCUT2D eigenvalue weighted by Crippen LogP contribution is -2.12. The van der Waals surface area contributed by atoms with E-state index < -0.39 is 0 Å². The summed E-state index contributed by atoms with van der Waals surface area (Å²) in [6.07, 6.45) is 3.26. The maximum absolute atomic E-state index is 11.2. The van der Waals surface area contributed by atoms with Crippen molar-refractivity contribution in [1.29, 1.82) is 0 Å². The minimum atomic E-state index is -0.131. The zero-order valence-electron chi connectivity index (χ0n) is 9.51. The summed E-state index contributed by atoms with van der Waals surface area (Å²) in [5.74, 6) is 0.118. The van der Waals surface area contributed by atoms with Crippen molar-refractivity contribution < 1.29 is 9.53 Å². The summed E-state index contributed by atoms with van der Waals surface area (Å²) in [5, 5.41) is 0. The number of hydrogen-bond acceptors (Lipinski definition) is 3. The van der Waals surface area contributed by atoms with Crippen molar-refractivity contribution in [2.75, 3.05) is 19.0 Å². The summed E-state index contributed by atoms with van der Waals surface area (Å²) < 4.78 is 5.42. The molecular formula is C13H15NO2. The van der Waals surface area contributed by atoms with Crippen LogP contribution < -0.4 is 4.90 Å². The molecule has 0 N–H and O–H groups in total. The maximum Gasteiger partial charge on any atom is 0.162 e. The maximum atomic E-state index is 11.2. The number of anilines is 1. The van der Waals surface area contributed by atoms with Gasteiger partial charge in [-0.1, -0.05) is 12.1 Å². The second-order valence-electron chi connectivity index (χ2n) is 4.08. The Balaban J connectivity index is 2.16. The first-order valence-electron chi connectivity index (χ1n) is 5.29. The molecule has 0 amide bonds. The fourth-order valence-corrected chi connectivity index (χ4v) is 1.69. The van der Waals surface area contributed by atoms with Gasteiger partial charge in [0.2, 0.25) is 0 Å². The van der Waals surface area contributed by atoms with Crippen LogP contribution in [0.5, 0.6) is 0 Å². The van der Waals surface area contributed by atoms with Crippen LogP contribution >= 0.6 is 0 Å². The molecule has 1 aromatic rings. The van der Waals surface area contributed by atoms with Crippen molar-refractivity contribution in [1.82, 2.24) is 0 Å². The van der Waals surface area contributed by atoms with E-state index in [0.717, 1.165) is 11.3 Å². The zero-order valence-corrected chi connectivity index (χ0v) is 9.51. The number of hydrogen-bond donors (Lipinski definition) is 0. The second-order valence-corrected chi connectivity index (χ2v) is 4.08. The van der Waals surface area contributed by atoms with E-state index in [1.165, 1.54) is 12.3 Å². The first-order chi connectivity index (χ1) is 7.66. The number of nitrogens with zero attached hydrogens (tertiary/aromatic N) is 1. The molecule has 3 heteroatoms. The number of benzene rings is 1.